The Morgan fingerprint density at radius 1 is 1.50 bits per heavy atom. The van der Waals surface area contributed by atoms with Gasteiger partial charge in [-0.05, 0) is 19.8 Å². The molecule has 1 unspecified atom stereocenters. The second-order valence-electron chi connectivity index (χ2n) is 3.27. The van der Waals surface area contributed by atoms with Crippen molar-refractivity contribution in [3.63, 3.8) is 0 Å². The van der Waals surface area contributed by atoms with Crippen LogP contribution in [0.15, 0.2) is 12.2 Å². The van der Waals surface area contributed by atoms with Crippen LogP contribution in [-0.4, -0.2) is 11.1 Å². The molecule has 1 N–H and O–H groups in total. The molecule has 0 rings (SSSR count). The van der Waals surface area contributed by atoms with Crippen LogP contribution in [0.5, 0.6) is 0 Å². The van der Waals surface area contributed by atoms with Crippen molar-refractivity contribution in [2.24, 2.45) is 5.41 Å². The quantitative estimate of drug-likeness (QED) is 0.644. The topological polar surface area (TPSA) is 37.3 Å². The predicted octanol–water partition coefficient (Wildman–Crippen LogP) is 2.84. The minimum absolute atomic E-state index is 0.641. The maximum Gasteiger partial charge on any atom is 0.313 e. The number of allylic oxidation sites excluding steroid dienone is 1. The average Bonchev–Trinajstić information content (AvgIpc) is 2.04. The van der Waals surface area contributed by atoms with E-state index >= 15 is 0 Å². The van der Waals surface area contributed by atoms with Crippen molar-refractivity contribution in [1.82, 2.24) is 0 Å². The number of aliphatic carboxylic acids is 1. The first-order valence-electron chi connectivity index (χ1n) is 4.48. The van der Waals surface area contributed by atoms with E-state index in [-0.39, 0.29) is 0 Å². The summed E-state index contributed by atoms with van der Waals surface area (Å²) in [5.41, 5.74) is -0.671. The highest BCUT2D eigenvalue weighted by Crippen LogP contribution is 2.23. The van der Waals surface area contributed by atoms with Gasteiger partial charge in [-0.1, -0.05) is 32.4 Å². The first-order valence-corrected chi connectivity index (χ1v) is 4.48. The lowest BCUT2D eigenvalue weighted by atomic mass is 9.87. The summed E-state index contributed by atoms with van der Waals surface area (Å²) in [5.74, 6) is -0.739. The molecule has 0 radical (unpaired) electrons. The number of carbonyl (C=O) groups is 1. The van der Waals surface area contributed by atoms with Crippen LogP contribution < -0.4 is 0 Å². The summed E-state index contributed by atoms with van der Waals surface area (Å²) in [6, 6.07) is 0. The minimum Gasteiger partial charge on any atom is -0.481 e. The first-order chi connectivity index (χ1) is 5.56. The van der Waals surface area contributed by atoms with Gasteiger partial charge in [0, 0.05) is 0 Å². The van der Waals surface area contributed by atoms with Crippen LogP contribution in [0.1, 0.15) is 40.0 Å². The van der Waals surface area contributed by atoms with E-state index in [2.05, 4.69) is 6.92 Å². The van der Waals surface area contributed by atoms with Crippen molar-refractivity contribution in [1.29, 1.82) is 0 Å². The molecule has 1 atom stereocenters. The number of carboxylic acid groups (broad SMARTS) is 1. The first kappa shape index (κ1) is 11.2. The number of rotatable bonds is 5. The summed E-state index contributed by atoms with van der Waals surface area (Å²) in [6.45, 7) is 5.72. The fourth-order valence-electron chi connectivity index (χ4n) is 0.850. The third-order valence-corrected chi connectivity index (χ3v) is 2.16. The monoisotopic (exact) mass is 170 g/mol. The van der Waals surface area contributed by atoms with Crippen molar-refractivity contribution in [2.45, 2.75) is 40.0 Å². The van der Waals surface area contributed by atoms with E-state index < -0.39 is 11.4 Å². The van der Waals surface area contributed by atoms with Crippen molar-refractivity contribution in [2.75, 3.05) is 0 Å². The van der Waals surface area contributed by atoms with E-state index in [0.29, 0.717) is 6.42 Å². The van der Waals surface area contributed by atoms with Gasteiger partial charge in [0.05, 0.1) is 5.41 Å². The number of unbranched alkanes of at least 4 members (excludes halogenated alkanes) is 1. The van der Waals surface area contributed by atoms with E-state index in [1.807, 2.05) is 13.0 Å². The highest BCUT2D eigenvalue weighted by molar-refractivity contribution is 5.76. The molecule has 2 nitrogen and oxygen atoms in total. The summed E-state index contributed by atoms with van der Waals surface area (Å²) in [7, 11) is 0. The summed E-state index contributed by atoms with van der Waals surface area (Å²) in [4.78, 5) is 10.8. The Bertz CT molecular complexity index is 173. The van der Waals surface area contributed by atoms with Gasteiger partial charge in [0.2, 0.25) is 0 Å². The molecule has 0 saturated heterocycles. The molecule has 0 aliphatic rings. The van der Waals surface area contributed by atoms with Gasteiger partial charge in [-0.25, -0.2) is 0 Å². The van der Waals surface area contributed by atoms with Crippen LogP contribution in [-0.2, 0) is 4.79 Å². The van der Waals surface area contributed by atoms with Crippen LogP contribution in [0.3, 0.4) is 0 Å². The summed E-state index contributed by atoms with van der Waals surface area (Å²) in [5, 5.41) is 8.88. The molecule has 0 aliphatic heterocycles. The molecule has 0 saturated carbocycles. The van der Waals surface area contributed by atoms with Gasteiger partial charge in [-0.3, -0.25) is 4.79 Å². The SMILES string of the molecule is CCCC=CC(C)(CC)C(=O)O. The standard InChI is InChI=1S/C10H18O2/c1-4-6-7-8-10(3,5-2)9(11)12/h7-8H,4-6H2,1-3H3,(H,11,12). The molecule has 0 amide bonds. The Balaban J connectivity index is 4.23. The van der Waals surface area contributed by atoms with Gasteiger partial charge in [0.1, 0.15) is 0 Å². The Morgan fingerprint density at radius 2 is 2.08 bits per heavy atom. The molecule has 0 aromatic rings. The zero-order chi connectivity index (χ0) is 9.61. The van der Waals surface area contributed by atoms with Crippen molar-refractivity contribution >= 4 is 5.97 Å². The molecular formula is C10H18O2. The molecule has 0 bridgehead atoms. The van der Waals surface area contributed by atoms with E-state index in [1.165, 1.54) is 0 Å². The minimum atomic E-state index is -0.739. The van der Waals surface area contributed by atoms with Gasteiger partial charge in [-0.2, -0.15) is 0 Å². The zero-order valence-electron chi connectivity index (χ0n) is 8.13. The number of hydrogen-bond acceptors (Lipinski definition) is 1. The lowest BCUT2D eigenvalue weighted by Gasteiger charge is -2.17. The van der Waals surface area contributed by atoms with Crippen LogP contribution in [0, 0.1) is 5.41 Å². The number of carboxylic acids is 1. The molecule has 0 aliphatic carbocycles. The van der Waals surface area contributed by atoms with Crippen LogP contribution in [0.4, 0.5) is 0 Å². The summed E-state index contributed by atoms with van der Waals surface area (Å²) in [6.07, 6.45) is 6.43. The molecule has 2 heteroatoms. The smallest absolute Gasteiger partial charge is 0.313 e. The van der Waals surface area contributed by atoms with E-state index in [1.54, 1.807) is 13.0 Å². The van der Waals surface area contributed by atoms with Crippen LogP contribution in [0.25, 0.3) is 0 Å². The van der Waals surface area contributed by atoms with E-state index in [9.17, 15) is 4.79 Å². The molecular weight excluding hydrogens is 152 g/mol. The van der Waals surface area contributed by atoms with Crippen LogP contribution in [0.2, 0.25) is 0 Å². The van der Waals surface area contributed by atoms with Crippen LogP contribution >= 0.6 is 0 Å². The van der Waals surface area contributed by atoms with E-state index in [0.717, 1.165) is 12.8 Å². The Morgan fingerprint density at radius 3 is 2.42 bits per heavy atom. The molecule has 0 fully saturated rings. The Kier molecular flexibility index (Phi) is 4.64. The van der Waals surface area contributed by atoms with Crippen molar-refractivity contribution < 1.29 is 9.90 Å². The second-order valence-corrected chi connectivity index (χ2v) is 3.27. The average molecular weight is 170 g/mol. The number of hydrogen-bond donors (Lipinski definition) is 1. The second kappa shape index (κ2) is 4.96. The third-order valence-electron chi connectivity index (χ3n) is 2.16. The zero-order valence-corrected chi connectivity index (χ0v) is 8.13. The van der Waals surface area contributed by atoms with Crippen molar-refractivity contribution in [3.05, 3.63) is 12.2 Å². The third kappa shape index (κ3) is 3.07. The highest BCUT2D eigenvalue weighted by atomic mass is 16.4. The maximum atomic E-state index is 10.8. The normalized spacial score (nSPS) is 16.2. The molecule has 0 aromatic carbocycles. The van der Waals surface area contributed by atoms with Gasteiger partial charge in [0.15, 0.2) is 0 Å². The van der Waals surface area contributed by atoms with Crippen molar-refractivity contribution in [3.8, 4) is 0 Å². The fraction of sp³-hybridized carbons (Fsp3) is 0.700. The molecule has 0 aromatic heterocycles. The Labute approximate surface area is 74.3 Å². The van der Waals surface area contributed by atoms with E-state index in [4.69, 9.17) is 5.11 Å². The molecule has 0 spiro atoms. The van der Waals surface area contributed by atoms with Gasteiger partial charge in [0.25, 0.3) is 0 Å². The summed E-state index contributed by atoms with van der Waals surface area (Å²) >= 11 is 0. The lowest BCUT2D eigenvalue weighted by molar-refractivity contribution is -0.145. The maximum absolute atomic E-state index is 10.8. The Hall–Kier alpha value is -0.790. The van der Waals surface area contributed by atoms with Gasteiger partial charge < -0.3 is 5.11 Å². The fourth-order valence-corrected chi connectivity index (χ4v) is 0.850. The molecule has 70 valence electrons. The van der Waals surface area contributed by atoms with Gasteiger partial charge in [-0.15, -0.1) is 0 Å². The molecule has 12 heavy (non-hydrogen) atoms. The predicted molar refractivity (Wildman–Crippen MR) is 50.1 cm³/mol. The largest absolute Gasteiger partial charge is 0.481 e. The summed E-state index contributed by atoms with van der Waals surface area (Å²) < 4.78 is 0. The van der Waals surface area contributed by atoms with Gasteiger partial charge >= 0.3 is 5.97 Å². The molecule has 0 heterocycles. The highest BCUT2D eigenvalue weighted by Gasteiger charge is 2.27. The lowest BCUT2D eigenvalue weighted by Crippen LogP contribution is -2.23.